The van der Waals surface area contributed by atoms with Crippen LogP contribution in [0.4, 0.5) is 4.39 Å². The first-order chi connectivity index (χ1) is 11.7. The smallest absolute Gasteiger partial charge is 0.276 e. The van der Waals surface area contributed by atoms with Crippen molar-refractivity contribution in [1.29, 1.82) is 0 Å². The topological polar surface area (TPSA) is 99.2 Å². The van der Waals surface area contributed by atoms with E-state index in [1.807, 2.05) is 0 Å². The number of aromatic nitrogens is 5. The van der Waals surface area contributed by atoms with Gasteiger partial charge in [0.25, 0.3) is 10.7 Å². The molecule has 0 amide bonds. The average molecular weight is 386 g/mol. The fourth-order valence-corrected chi connectivity index (χ4v) is 2.91. The summed E-state index contributed by atoms with van der Waals surface area (Å²) in [6.45, 7) is 1.38. The van der Waals surface area contributed by atoms with Crippen LogP contribution in [-0.2, 0) is 16.4 Å². The Morgan fingerprint density at radius 1 is 1.36 bits per heavy atom. The number of hydrogen-bond acceptors (Lipinski definition) is 6. The van der Waals surface area contributed by atoms with Gasteiger partial charge in [-0.05, 0) is 18.6 Å². The van der Waals surface area contributed by atoms with Crippen molar-refractivity contribution in [3.63, 3.8) is 0 Å². The number of pyridine rings is 1. The molecule has 0 N–H and O–H groups in total. The van der Waals surface area contributed by atoms with Gasteiger partial charge in [-0.1, -0.05) is 17.7 Å². The fourth-order valence-electron chi connectivity index (χ4n) is 2.32. The summed E-state index contributed by atoms with van der Waals surface area (Å²) in [6.07, 6.45) is 0.951. The molecule has 3 aromatic rings. The van der Waals surface area contributed by atoms with E-state index < -0.39 is 26.7 Å². The summed E-state index contributed by atoms with van der Waals surface area (Å²) in [5.74, 6) is -0.0672. The summed E-state index contributed by atoms with van der Waals surface area (Å²) in [7, 11) is -3.73. The maximum absolute atomic E-state index is 14.0. The number of fused-ring (bicyclic) bond motifs is 1. The van der Waals surface area contributed by atoms with Crippen LogP contribution < -0.4 is 5.56 Å². The normalized spacial score (nSPS) is 13.3. The van der Waals surface area contributed by atoms with E-state index in [-0.39, 0.29) is 18.0 Å². The Bertz CT molecular complexity index is 1110. The molecule has 0 saturated heterocycles. The van der Waals surface area contributed by atoms with E-state index in [1.165, 1.54) is 17.7 Å². The average Bonchev–Trinajstić information content (AvgIpc) is 2.98. The Morgan fingerprint density at radius 3 is 2.64 bits per heavy atom. The number of halogens is 2. The largest absolute Gasteiger partial charge is 0.306 e. The highest BCUT2D eigenvalue weighted by Gasteiger charge is 2.21. The quantitative estimate of drug-likeness (QED) is 0.630. The third kappa shape index (κ3) is 3.40. The molecule has 0 aliphatic heterocycles. The molecule has 132 valence electrons. The van der Waals surface area contributed by atoms with Crippen LogP contribution >= 0.6 is 11.6 Å². The van der Waals surface area contributed by atoms with Crippen molar-refractivity contribution in [2.45, 2.75) is 24.8 Å². The van der Waals surface area contributed by atoms with Crippen molar-refractivity contribution in [1.82, 2.24) is 24.1 Å². The third-order valence-corrected chi connectivity index (χ3v) is 4.53. The van der Waals surface area contributed by atoms with Gasteiger partial charge in [0.05, 0.1) is 12.2 Å². The predicted molar refractivity (Wildman–Crippen MR) is 88.2 cm³/mol. The Kier molecular flexibility index (Phi) is 4.33. The summed E-state index contributed by atoms with van der Waals surface area (Å²) in [5, 5.41) is 3.52. The molecule has 3 aromatic heterocycles. The molecule has 0 bridgehead atoms. The second-order valence-electron chi connectivity index (χ2n) is 5.48. The van der Waals surface area contributed by atoms with Crippen LogP contribution in [0.3, 0.4) is 0 Å². The Morgan fingerprint density at radius 2 is 2.08 bits per heavy atom. The van der Waals surface area contributed by atoms with E-state index in [9.17, 15) is 17.6 Å². The molecule has 0 saturated carbocycles. The second-order valence-corrected chi connectivity index (χ2v) is 7.77. The summed E-state index contributed by atoms with van der Waals surface area (Å²) in [6, 6.07) is 4.33. The highest BCUT2D eigenvalue weighted by atomic mass is 35.5. The second kappa shape index (κ2) is 6.19. The minimum atomic E-state index is -3.73. The van der Waals surface area contributed by atoms with Gasteiger partial charge in [-0.25, -0.2) is 17.8 Å². The first-order valence-electron chi connectivity index (χ1n) is 7.12. The number of sulfone groups is 1. The van der Waals surface area contributed by atoms with Gasteiger partial charge in [-0.15, -0.1) is 5.10 Å². The van der Waals surface area contributed by atoms with Gasteiger partial charge >= 0.3 is 0 Å². The van der Waals surface area contributed by atoms with Crippen LogP contribution in [0, 0.1) is 0 Å². The molecule has 11 heteroatoms. The summed E-state index contributed by atoms with van der Waals surface area (Å²) < 4.78 is 39.6. The van der Waals surface area contributed by atoms with Gasteiger partial charge in [0, 0.05) is 18.5 Å². The molecule has 1 atom stereocenters. The van der Waals surface area contributed by atoms with Crippen molar-refractivity contribution in [3.8, 4) is 0 Å². The van der Waals surface area contributed by atoms with E-state index in [0.717, 1.165) is 16.8 Å². The molecular weight excluding hydrogens is 373 g/mol. The highest BCUT2D eigenvalue weighted by Crippen LogP contribution is 2.19. The standard InChI is InChI=1S/C14H13ClFN5O3S/c1-8(16)10-5-12(22)21-14(18-13(19-21)25(2,23)24)20(10)7-9-3-4-11(15)17-6-9/h3-6,8H,7H2,1-2H3. The van der Waals surface area contributed by atoms with Crippen molar-refractivity contribution in [2.24, 2.45) is 0 Å². The molecule has 0 radical (unpaired) electrons. The molecular formula is C14H13ClFN5O3S. The Balaban J connectivity index is 2.27. The lowest BCUT2D eigenvalue weighted by atomic mass is 10.2. The summed E-state index contributed by atoms with van der Waals surface area (Å²) in [5.41, 5.74) is 0.0584. The minimum absolute atomic E-state index is 0.0555. The first-order valence-corrected chi connectivity index (χ1v) is 9.39. The van der Waals surface area contributed by atoms with Crippen LogP contribution in [0.1, 0.15) is 24.4 Å². The zero-order chi connectivity index (χ0) is 18.4. The van der Waals surface area contributed by atoms with Crippen LogP contribution in [0.5, 0.6) is 0 Å². The van der Waals surface area contributed by atoms with Crippen molar-refractivity contribution >= 4 is 27.2 Å². The maximum Gasteiger partial charge on any atom is 0.276 e. The number of rotatable bonds is 4. The SMILES string of the molecule is CC(F)c1cc(=O)n2nc(S(C)(=O)=O)nc2n1Cc1ccc(Cl)nc1. The lowest BCUT2D eigenvalue weighted by Gasteiger charge is -2.15. The molecule has 0 aliphatic carbocycles. The van der Waals surface area contributed by atoms with Crippen LogP contribution in [0.25, 0.3) is 5.78 Å². The highest BCUT2D eigenvalue weighted by molar-refractivity contribution is 7.90. The zero-order valence-electron chi connectivity index (χ0n) is 13.2. The van der Waals surface area contributed by atoms with Crippen molar-refractivity contribution < 1.29 is 12.8 Å². The number of hydrogen-bond donors (Lipinski definition) is 0. The van der Waals surface area contributed by atoms with Gasteiger partial charge in [-0.2, -0.15) is 9.50 Å². The summed E-state index contributed by atoms with van der Waals surface area (Å²) >= 11 is 5.75. The molecule has 0 aliphatic rings. The minimum Gasteiger partial charge on any atom is -0.306 e. The Labute approximate surface area is 146 Å². The molecule has 25 heavy (non-hydrogen) atoms. The number of alkyl halides is 1. The van der Waals surface area contributed by atoms with Crippen molar-refractivity contribution in [2.75, 3.05) is 6.26 Å². The molecule has 0 aromatic carbocycles. The van der Waals surface area contributed by atoms with Gasteiger partial charge < -0.3 is 4.57 Å². The number of nitrogens with zero attached hydrogens (tertiary/aromatic N) is 5. The van der Waals surface area contributed by atoms with E-state index in [2.05, 4.69) is 15.1 Å². The van der Waals surface area contributed by atoms with Crippen LogP contribution in [0.15, 0.2) is 34.3 Å². The van der Waals surface area contributed by atoms with E-state index >= 15 is 0 Å². The predicted octanol–water partition coefficient (Wildman–Crippen LogP) is 1.42. The lowest BCUT2D eigenvalue weighted by molar-refractivity contribution is 0.353. The maximum atomic E-state index is 14.0. The van der Waals surface area contributed by atoms with Gasteiger partial charge in [0.15, 0.2) is 0 Å². The Hall–Kier alpha value is -2.33. The molecule has 0 spiro atoms. The molecule has 8 nitrogen and oxygen atoms in total. The fraction of sp³-hybridized carbons (Fsp3) is 0.286. The van der Waals surface area contributed by atoms with Gasteiger partial charge in [0.1, 0.15) is 11.3 Å². The van der Waals surface area contributed by atoms with Gasteiger partial charge in [0.2, 0.25) is 15.6 Å². The van der Waals surface area contributed by atoms with E-state index in [1.54, 1.807) is 12.1 Å². The van der Waals surface area contributed by atoms with E-state index in [0.29, 0.717) is 10.7 Å². The monoisotopic (exact) mass is 385 g/mol. The third-order valence-electron chi connectivity index (χ3n) is 3.47. The van der Waals surface area contributed by atoms with E-state index in [4.69, 9.17) is 11.6 Å². The van der Waals surface area contributed by atoms with Gasteiger partial charge in [-0.3, -0.25) is 4.79 Å². The summed E-state index contributed by atoms with van der Waals surface area (Å²) in [4.78, 5) is 20.0. The molecule has 3 heterocycles. The first kappa shape index (κ1) is 17.5. The van der Waals surface area contributed by atoms with Crippen molar-refractivity contribution in [3.05, 3.63) is 51.2 Å². The van der Waals surface area contributed by atoms with Crippen LogP contribution in [-0.4, -0.2) is 38.8 Å². The zero-order valence-corrected chi connectivity index (χ0v) is 14.8. The van der Waals surface area contributed by atoms with Crippen LogP contribution in [0.2, 0.25) is 5.15 Å². The molecule has 1 unspecified atom stereocenters. The lowest BCUT2D eigenvalue weighted by Crippen LogP contribution is -2.22. The molecule has 3 rings (SSSR count). The molecule has 0 fully saturated rings.